The van der Waals surface area contributed by atoms with Crippen molar-refractivity contribution in [2.24, 2.45) is 5.92 Å². The van der Waals surface area contributed by atoms with Crippen LogP contribution in [0.25, 0.3) is 0 Å². The molecule has 16 heavy (non-hydrogen) atoms. The number of halogens is 2. The number of carbonyl (C=O) groups excluding carboxylic acids is 1. The molecule has 1 saturated heterocycles. The first-order valence-corrected chi connectivity index (χ1v) is 5.39. The number of likely N-dealkylation sites (tertiary alicyclic amines) is 1. The van der Waals surface area contributed by atoms with E-state index in [-0.39, 0.29) is 31.5 Å². The number of nitrogens with one attached hydrogen (secondary N) is 1. The molecule has 1 aliphatic rings. The van der Waals surface area contributed by atoms with Crippen LogP contribution >= 0.6 is 0 Å². The number of amides is 1. The second-order valence-electron chi connectivity index (χ2n) is 4.50. The van der Waals surface area contributed by atoms with Crippen LogP contribution in [0.3, 0.4) is 0 Å². The summed E-state index contributed by atoms with van der Waals surface area (Å²) in [6.45, 7) is 6.93. The summed E-state index contributed by atoms with van der Waals surface area (Å²) in [5, 5.41) is 2.62. The smallest absolute Gasteiger partial charge is 0.270 e. The molecule has 0 aromatic carbocycles. The Morgan fingerprint density at radius 3 is 2.75 bits per heavy atom. The average molecular weight is 232 g/mol. The normalized spacial score (nSPS) is 23.6. The molecule has 1 fully saturated rings. The van der Waals surface area contributed by atoms with Crippen LogP contribution in [-0.4, -0.2) is 35.9 Å². The maximum absolute atomic E-state index is 13.5. The quantitative estimate of drug-likeness (QED) is 0.798. The van der Waals surface area contributed by atoms with Crippen LogP contribution in [0.2, 0.25) is 0 Å². The Bertz CT molecular complexity index is 279. The molecule has 5 heteroatoms. The molecule has 1 atom stereocenters. The number of carbonyl (C=O) groups is 1. The zero-order valence-corrected chi connectivity index (χ0v) is 9.67. The number of hydrogen-bond donors (Lipinski definition) is 1. The molecule has 1 amide bonds. The van der Waals surface area contributed by atoms with Gasteiger partial charge in [0.1, 0.15) is 0 Å². The van der Waals surface area contributed by atoms with Crippen molar-refractivity contribution >= 4 is 5.91 Å². The van der Waals surface area contributed by atoms with Crippen molar-refractivity contribution in [2.45, 2.75) is 32.2 Å². The molecule has 1 N–H and O–H groups in total. The molecule has 1 rings (SSSR count). The molecule has 92 valence electrons. The number of rotatable bonds is 4. The minimum atomic E-state index is -2.80. The predicted molar refractivity (Wildman–Crippen MR) is 58.1 cm³/mol. The standard InChI is InChI=1S/C11H18F2N2O/c1-4-15-6-9(11(12,13)7-15)5-10(16)14-8(2)3/h4,8-9H,1,5-7H2,2-3H3,(H,14,16). The first-order valence-electron chi connectivity index (χ1n) is 5.39. The topological polar surface area (TPSA) is 32.3 Å². The summed E-state index contributed by atoms with van der Waals surface area (Å²) in [5.41, 5.74) is 0. The molecule has 0 bridgehead atoms. The fourth-order valence-corrected chi connectivity index (χ4v) is 1.84. The largest absolute Gasteiger partial charge is 0.371 e. The van der Waals surface area contributed by atoms with Crippen LogP contribution in [0.1, 0.15) is 20.3 Å². The molecule has 0 aromatic heterocycles. The van der Waals surface area contributed by atoms with Gasteiger partial charge in [0.15, 0.2) is 0 Å². The number of hydrogen-bond acceptors (Lipinski definition) is 2. The van der Waals surface area contributed by atoms with Gasteiger partial charge in [0.2, 0.25) is 5.91 Å². The highest BCUT2D eigenvalue weighted by Crippen LogP contribution is 2.35. The molecular weight excluding hydrogens is 214 g/mol. The van der Waals surface area contributed by atoms with E-state index in [1.54, 1.807) is 13.8 Å². The van der Waals surface area contributed by atoms with Crippen molar-refractivity contribution < 1.29 is 13.6 Å². The Kier molecular flexibility index (Phi) is 3.88. The van der Waals surface area contributed by atoms with Crippen LogP contribution in [0.4, 0.5) is 8.78 Å². The Morgan fingerprint density at radius 1 is 1.69 bits per heavy atom. The fourth-order valence-electron chi connectivity index (χ4n) is 1.84. The monoisotopic (exact) mass is 232 g/mol. The lowest BCUT2D eigenvalue weighted by atomic mass is 10.0. The van der Waals surface area contributed by atoms with Crippen LogP contribution < -0.4 is 5.32 Å². The lowest BCUT2D eigenvalue weighted by Gasteiger charge is -2.17. The van der Waals surface area contributed by atoms with Crippen LogP contribution in [0.15, 0.2) is 12.8 Å². The van der Waals surface area contributed by atoms with Gasteiger partial charge >= 0.3 is 0 Å². The van der Waals surface area contributed by atoms with E-state index in [1.807, 2.05) is 0 Å². The highest BCUT2D eigenvalue weighted by molar-refractivity contribution is 5.76. The lowest BCUT2D eigenvalue weighted by Crippen LogP contribution is -2.36. The van der Waals surface area contributed by atoms with Gasteiger partial charge in [-0.25, -0.2) is 8.78 Å². The van der Waals surface area contributed by atoms with Crippen molar-refractivity contribution in [1.29, 1.82) is 0 Å². The first kappa shape index (κ1) is 12.9. The van der Waals surface area contributed by atoms with Crippen molar-refractivity contribution in [3.05, 3.63) is 12.8 Å². The minimum Gasteiger partial charge on any atom is -0.371 e. The van der Waals surface area contributed by atoms with E-state index in [0.29, 0.717) is 0 Å². The molecule has 1 aliphatic heterocycles. The van der Waals surface area contributed by atoms with E-state index < -0.39 is 11.8 Å². The molecule has 0 spiro atoms. The summed E-state index contributed by atoms with van der Waals surface area (Å²) in [6.07, 6.45) is 1.27. The van der Waals surface area contributed by atoms with Gasteiger partial charge in [-0.1, -0.05) is 6.58 Å². The van der Waals surface area contributed by atoms with Crippen LogP contribution in [-0.2, 0) is 4.79 Å². The van der Waals surface area contributed by atoms with E-state index in [1.165, 1.54) is 11.1 Å². The average Bonchev–Trinajstić information content (AvgIpc) is 2.40. The molecule has 3 nitrogen and oxygen atoms in total. The van der Waals surface area contributed by atoms with Gasteiger partial charge in [-0.15, -0.1) is 0 Å². The summed E-state index contributed by atoms with van der Waals surface area (Å²) in [4.78, 5) is 12.9. The molecule has 1 unspecified atom stereocenters. The summed E-state index contributed by atoms with van der Waals surface area (Å²) in [7, 11) is 0. The van der Waals surface area contributed by atoms with Gasteiger partial charge in [0, 0.05) is 19.0 Å². The molecule has 0 aliphatic carbocycles. The zero-order chi connectivity index (χ0) is 12.3. The zero-order valence-electron chi connectivity index (χ0n) is 9.67. The number of alkyl halides is 2. The molecule has 0 saturated carbocycles. The van der Waals surface area contributed by atoms with Crippen molar-refractivity contribution in [2.75, 3.05) is 13.1 Å². The van der Waals surface area contributed by atoms with Crippen LogP contribution in [0, 0.1) is 5.92 Å². The second-order valence-corrected chi connectivity index (χ2v) is 4.50. The second kappa shape index (κ2) is 4.80. The van der Waals surface area contributed by atoms with Gasteiger partial charge in [-0.2, -0.15) is 0 Å². The Morgan fingerprint density at radius 2 is 2.31 bits per heavy atom. The summed E-state index contributed by atoms with van der Waals surface area (Å²) < 4.78 is 26.9. The molecular formula is C11H18F2N2O. The van der Waals surface area contributed by atoms with Crippen molar-refractivity contribution in [3.8, 4) is 0 Å². The highest BCUT2D eigenvalue weighted by Gasteiger charge is 2.47. The van der Waals surface area contributed by atoms with E-state index in [0.717, 1.165) is 0 Å². The SMILES string of the molecule is C=CN1CC(CC(=O)NC(C)C)C(F)(F)C1. The van der Waals surface area contributed by atoms with E-state index in [9.17, 15) is 13.6 Å². The third-order valence-corrected chi connectivity index (χ3v) is 2.61. The first-order chi connectivity index (χ1) is 7.35. The van der Waals surface area contributed by atoms with Crippen LogP contribution in [0.5, 0.6) is 0 Å². The number of nitrogens with zero attached hydrogens (tertiary/aromatic N) is 1. The Labute approximate surface area is 94.5 Å². The maximum Gasteiger partial charge on any atom is 0.270 e. The highest BCUT2D eigenvalue weighted by atomic mass is 19.3. The third kappa shape index (κ3) is 3.18. The van der Waals surface area contributed by atoms with Gasteiger partial charge in [0.25, 0.3) is 5.92 Å². The third-order valence-electron chi connectivity index (χ3n) is 2.61. The summed E-state index contributed by atoms with van der Waals surface area (Å²) >= 11 is 0. The Hall–Kier alpha value is -1.13. The summed E-state index contributed by atoms with van der Waals surface area (Å²) in [5.74, 6) is -4.03. The van der Waals surface area contributed by atoms with Gasteiger partial charge in [-0.3, -0.25) is 4.79 Å². The molecule has 1 heterocycles. The van der Waals surface area contributed by atoms with Gasteiger partial charge in [-0.05, 0) is 20.0 Å². The molecule has 0 aromatic rings. The maximum atomic E-state index is 13.5. The van der Waals surface area contributed by atoms with Crippen molar-refractivity contribution in [1.82, 2.24) is 10.2 Å². The van der Waals surface area contributed by atoms with Gasteiger partial charge in [0.05, 0.1) is 12.5 Å². The van der Waals surface area contributed by atoms with Gasteiger partial charge < -0.3 is 10.2 Å². The molecule has 0 radical (unpaired) electrons. The van der Waals surface area contributed by atoms with E-state index in [2.05, 4.69) is 11.9 Å². The lowest BCUT2D eigenvalue weighted by molar-refractivity contribution is -0.125. The Balaban J connectivity index is 2.53. The predicted octanol–water partition coefficient (Wildman–Crippen LogP) is 1.61. The minimum absolute atomic E-state index is 0.0157. The summed E-state index contributed by atoms with van der Waals surface area (Å²) in [6, 6.07) is -0.0157. The van der Waals surface area contributed by atoms with E-state index >= 15 is 0 Å². The van der Waals surface area contributed by atoms with E-state index in [4.69, 9.17) is 0 Å². The van der Waals surface area contributed by atoms with Crippen molar-refractivity contribution in [3.63, 3.8) is 0 Å². The fraction of sp³-hybridized carbons (Fsp3) is 0.727.